The molecule has 0 spiro atoms. The van der Waals surface area contributed by atoms with Crippen molar-refractivity contribution in [1.82, 2.24) is 0 Å². The molecule has 0 saturated carbocycles. The summed E-state index contributed by atoms with van der Waals surface area (Å²) in [7, 11) is -2.57. The normalized spacial score (nSPS) is 11.6. The van der Waals surface area contributed by atoms with Crippen molar-refractivity contribution >= 4 is 21.9 Å². The Bertz CT molecular complexity index is 985. The van der Waals surface area contributed by atoms with Crippen LogP contribution in [-0.4, -0.2) is 33.3 Å². The van der Waals surface area contributed by atoms with Gasteiger partial charge in [-0.3, -0.25) is 10.1 Å². The summed E-state index contributed by atoms with van der Waals surface area (Å²) in [6.45, 7) is 4.21. The Labute approximate surface area is 170 Å². The van der Waals surface area contributed by atoms with Gasteiger partial charge in [-0.1, -0.05) is 37.5 Å². The number of rotatable bonds is 10. The highest BCUT2D eigenvalue weighted by Gasteiger charge is 2.22. The summed E-state index contributed by atoms with van der Waals surface area (Å²) in [5.41, 5.74) is 0.822. The second kappa shape index (κ2) is 10.0. The molecule has 0 amide bonds. The predicted molar refractivity (Wildman–Crippen MR) is 111 cm³/mol. The fourth-order valence-corrected chi connectivity index (χ4v) is 3.40. The first-order valence-electron chi connectivity index (χ1n) is 9.14. The van der Waals surface area contributed by atoms with Gasteiger partial charge >= 0.3 is 5.69 Å². The summed E-state index contributed by atoms with van der Waals surface area (Å²) in [5.74, 6) is 0.164. The van der Waals surface area contributed by atoms with Crippen molar-refractivity contribution in [2.24, 2.45) is 4.40 Å². The van der Waals surface area contributed by atoms with Crippen molar-refractivity contribution < 1.29 is 22.8 Å². The van der Waals surface area contributed by atoms with Gasteiger partial charge in [0.15, 0.2) is 5.75 Å². The highest BCUT2D eigenvalue weighted by atomic mass is 32.2. The van der Waals surface area contributed by atoms with E-state index in [2.05, 4.69) is 4.40 Å². The number of nitrogens with zero attached hydrogens (tertiary/aromatic N) is 2. The van der Waals surface area contributed by atoms with E-state index in [-0.39, 0.29) is 27.6 Å². The van der Waals surface area contributed by atoms with Gasteiger partial charge in [0.1, 0.15) is 0 Å². The van der Waals surface area contributed by atoms with Crippen molar-refractivity contribution in [2.45, 2.75) is 38.0 Å². The lowest BCUT2D eigenvalue weighted by molar-refractivity contribution is -0.386. The van der Waals surface area contributed by atoms with E-state index in [9.17, 15) is 18.5 Å². The maximum Gasteiger partial charge on any atom is 0.315 e. The Hall–Kier alpha value is -2.94. The number of benzene rings is 2. The third kappa shape index (κ3) is 6.02. The molecule has 9 heteroatoms. The molecule has 156 valence electrons. The van der Waals surface area contributed by atoms with Gasteiger partial charge in [0, 0.05) is 17.8 Å². The molecule has 0 saturated heterocycles. The first-order chi connectivity index (χ1) is 13.8. The van der Waals surface area contributed by atoms with E-state index in [1.54, 1.807) is 12.1 Å². The van der Waals surface area contributed by atoms with Gasteiger partial charge in [0.25, 0.3) is 10.0 Å². The Balaban J connectivity index is 2.35. The molecule has 2 aromatic carbocycles. The van der Waals surface area contributed by atoms with E-state index in [1.165, 1.54) is 31.4 Å². The number of nitro groups is 1. The van der Waals surface area contributed by atoms with Crippen molar-refractivity contribution in [2.75, 3.05) is 13.7 Å². The van der Waals surface area contributed by atoms with E-state index in [4.69, 9.17) is 9.47 Å². The summed E-state index contributed by atoms with van der Waals surface area (Å²) < 4.78 is 39.2. The van der Waals surface area contributed by atoms with Crippen LogP contribution in [0.3, 0.4) is 0 Å². The molecule has 0 N–H and O–H groups in total. The summed E-state index contributed by atoms with van der Waals surface area (Å²) in [6.07, 6.45) is 3.76. The van der Waals surface area contributed by atoms with Crippen LogP contribution in [0, 0.1) is 17.0 Å². The predicted octanol–water partition coefficient (Wildman–Crippen LogP) is 4.29. The number of hydrogen-bond donors (Lipinski definition) is 0. The van der Waals surface area contributed by atoms with E-state index >= 15 is 0 Å². The minimum Gasteiger partial charge on any atom is -0.493 e. The first kappa shape index (κ1) is 22.4. The van der Waals surface area contributed by atoms with Gasteiger partial charge < -0.3 is 9.47 Å². The number of unbranched alkanes of at least 4 members (excludes halogenated alkanes) is 2. The van der Waals surface area contributed by atoms with Crippen molar-refractivity contribution in [3.63, 3.8) is 0 Å². The molecule has 0 bridgehead atoms. The summed E-state index contributed by atoms with van der Waals surface area (Å²) in [5, 5.41) is 11.5. The van der Waals surface area contributed by atoms with Gasteiger partial charge in [-0.2, -0.15) is 12.8 Å². The zero-order chi connectivity index (χ0) is 21.4. The molecule has 29 heavy (non-hydrogen) atoms. The lowest BCUT2D eigenvalue weighted by Crippen LogP contribution is -2.04. The molecule has 0 aliphatic rings. The SMILES string of the molecule is CCCCCOc1c(OC)cc(/C=N\S(=O)(=O)c2ccc(C)cc2)cc1[N+](=O)[O-]. The lowest BCUT2D eigenvalue weighted by atomic mass is 10.2. The quantitative estimate of drug-likeness (QED) is 0.246. The summed E-state index contributed by atoms with van der Waals surface area (Å²) in [4.78, 5) is 10.9. The van der Waals surface area contributed by atoms with Crippen LogP contribution < -0.4 is 9.47 Å². The average molecular weight is 420 g/mol. The molecule has 8 nitrogen and oxygen atoms in total. The Morgan fingerprint density at radius 1 is 1.17 bits per heavy atom. The average Bonchev–Trinajstić information content (AvgIpc) is 2.70. The van der Waals surface area contributed by atoms with Crippen LogP contribution in [0.2, 0.25) is 0 Å². The molecule has 0 fully saturated rings. The van der Waals surface area contributed by atoms with Crippen LogP contribution in [0.4, 0.5) is 5.69 Å². The van der Waals surface area contributed by atoms with Gasteiger partial charge in [-0.25, -0.2) is 0 Å². The number of ether oxygens (including phenoxy) is 2. The minimum absolute atomic E-state index is 0.0205. The number of methoxy groups -OCH3 is 1. The second-order valence-corrected chi connectivity index (χ2v) is 8.04. The molecule has 0 atom stereocenters. The smallest absolute Gasteiger partial charge is 0.315 e. The van der Waals surface area contributed by atoms with Crippen molar-refractivity contribution in [3.05, 3.63) is 57.6 Å². The highest BCUT2D eigenvalue weighted by Crippen LogP contribution is 2.38. The third-order valence-electron chi connectivity index (χ3n) is 4.13. The maximum atomic E-state index is 12.4. The van der Waals surface area contributed by atoms with Gasteiger partial charge in [-0.05, 0) is 31.5 Å². The van der Waals surface area contributed by atoms with Gasteiger partial charge in [0.2, 0.25) is 5.75 Å². The molecule has 0 radical (unpaired) electrons. The number of hydrogen-bond acceptors (Lipinski definition) is 6. The molecule has 0 aliphatic heterocycles. The Morgan fingerprint density at radius 2 is 1.86 bits per heavy atom. The van der Waals surface area contributed by atoms with Crippen LogP contribution in [0.25, 0.3) is 0 Å². The van der Waals surface area contributed by atoms with E-state index in [0.29, 0.717) is 6.61 Å². The van der Waals surface area contributed by atoms with Crippen LogP contribution in [0.1, 0.15) is 37.3 Å². The fraction of sp³-hybridized carbons (Fsp3) is 0.350. The molecule has 0 heterocycles. The molecule has 2 rings (SSSR count). The molecule has 0 aromatic heterocycles. The molecular formula is C20H24N2O6S. The fourth-order valence-electron chi connectivity index (χ4n) is 2.54. The van der Waals surface area contributed by atoms with E-state index in [0.717, 1.165) is 31.0 Å². The second-order valence-electron chi connectivity index (χ2n) is 6.41. The van der Waals surface area contributed by atoms with E-state index < -0.39 is 14.9 Å². The zero-order valence-corrected chi connectivity index (χ0v) is 17.4. The zero-order valence-electron chi connectivity index (χ0n) is 16.6. The van der Waals surface area contributed by atoms with Crippen LogP contribution in [-0.2, 0) is 10.0 Å². The van der Waals surface area contributed by atoms with E-state index in [1.807, 2.05) is 13.8 Å². The molecule has 0 aliphatic carbocycles. The van der Waals surface area contributed by atoms with Gasteiger partial charge in [-0.15, -0.1) is 0 Å². The van der Waals surface area contributed by atoms with Crippen LogP contribution in [0.5, 0.6) is 11.5 Å². The third-order valence-corrected chi connectivity index (χ3v) is 5.38. The first-order valence-corrected chi connectivity index (χ1v) is 10.6. The highest BCUT2D eigenvalue weighted by molar-refractivity contribution is 7.90. The molecule has 2 aromatic rings. The summed E-state index contributed by atoms with van der Waals surface area (Å²) in [6, 6.07) is 8.92. The lowest BCUT2D eigenvalue weighted by Gasteiger charge is -2.11. The van der Waals surface area contributed by atoms with Crippen molar-refractivity contribution in [3.8, 4) is 11.5 Å². The Kier molecular flexibility index (Phi) is 7.72. The minimum atomic E-state index is -3.93. The number of aryl methyl sites for hydroxylation is 1. The number of sulfonamides is 1. The monoisotopic (exact) mass is 420 g/mol. The molecule has 0 unspecified atom stereocenters. The largest absolute Gasteiger partial charge is 0.493 e. The van der Waals surface area contributed by atoms with Crippen LogP contribution >= 0.6 is 0 Å². The topological polar surface area (TPSA) is 108 Å². The maximum absolute atomic E-state index is 12.4. The number of nitro benzene ring substituents is 1. The molecular weight excluding hydrogens is 396 g/mol. The van der Waals surface area contributed by atoms with Crippen molar-refractivity contribution in [1.29, 1.82) is 0 Å². The van der Waals surface area contributed by atoms with Crippen LogP contribution in [0.15, 0.2) is 45.7 Å². The van der Waals surface area contributed by atoms with Gasteiger partial charge in [0.05, 0.1) is 23.5 Å². The Morgan fingerprint density at radius 3 is 2.45 bits per heavy atom. The summed E-state index contributed by atoms with van der Waals surface area (Å²) >= 11 is 0. The standard InChI is InChI=1S/C20H24N2O6S/c1-4-5-6-11-28-20-18(22(23)24)12-16(13-19(20)27-3)14-21-29(25,26)17-9-7-15(2)8-10-17/h7-10,12-14H,4-6,11H2,1-3H3/b21-14-.